The Labute approximate surface area is 196 Å². The molecule has 0 N–H and O–H groups in total. The van der Waals surface area contributed by atoms with Crippen molar-refractivity contribution in [1.29, 1.82) is 0 Å². The van der Waals surface area contributed by atoms with E-state index in [0.29, 0.717) is 33.1 Å². The second-order valence-corrected chi connectivity index (χ2v) is 9.44. The number of aromatic nitrogens is 3. The van der Waals surface area contributed by atoms with Crippen molar-refractivity contribution in [1.82, 2.24) is 10.1 Å². The molecule has 1 aliphatic rings. The molecule has 0 bridgehead atoms. The van der Waals surface area contributed by atoms with Crippen molar-refractivity contribution in [2.45, 2.75) is 58.2 Å². The van der Waals surface area contributed by atoms with E-state index in [2.05, 4.69) is 10.1 Å². The van der Waals surface area contributed by atoms with E-state index in [4.69, 9.17) is 21.1 Å². The Bertz CT molecular complexity index is 1260. The molecule has 8 nitrogen and oxygen atoms in total. The number of ketones is 2. The van der Waals surface area contributed by atoms with Gasteiger partial charge in [0.1, 0.15) is 28.4 Å². The second kappa shape index (κ2) is 8.04. The van der Waals surface area contributed by atoms with Crippen LogP contribution in [-0.2, 0) is 20.7 Å². The van der Waals surface area contributed by atoms with Crippen LogP contribution in [0.3, 0.4) is 0 Å². The van der Waals surface area contributed by atoms with Crippen molar-refractivity contribution in [2.75, 3.05) is 0 Å². The van der Waals surface area contributed by atoms with Gasteiger partial charge in [0.2, 0.25) is 0 Å². The number of benzene rings is 2. The summed E-state index contributed by atoms with van der Waals surface area (Å²) in [5, 5.41) is 16.5. The van der Waals surface area contributed by atoms with E-state index in [0.717, 1.165) is 5.56 Å². The third-order valence-electron chi connectivity index (χ3n) is 5.78. The van der Waals surface area contributed by atoms with Crippen LogP contribution in [0.25, 0.3) is 11.0 Å². The van der Waals surface area contributed by atoms with Crippen LogP contribution in [0.2, 0.25) is 5.02 Å². The second-order valence-electron chi connectivity index (χ2n) is 9.00. The molecule has 33 heavy (non-hydrogen) atoms. The van der Waals surface area contributed by atoms with Gasteiger partial charge in [0.25, 0.3) is 5.52 Å². The summed E-state index contributed by atoms with van der Waals surface area (Å²) in [5.74, 6) is -1.31. The van der Waals surface area contributed by atoms with E-state index in [1.165, 1.54) is 6.07 Å². The molecule has 0 atom stereocenters. The van der Waals surface area contributed by atoms with Gasteiger partial charge in [-0.2, -0.15) is 4.98 Å². The van der Waals surface area contributed by atoms with Gasteiger partial charge in [-0.25, -0.2) is 0 Å². The summed E-state index contributed by atoms with van der Waals surface area (Å²) in [5.41, 5.74) is -0.281. The first-order chi connectivity index (χ1) is 15.4. The van der Waals surface area contributed by atoms with Crippen LogP contribution in [0, 0.1) is 5.21 Å². The summed E-state index contributed by atoms with van der Waals surface area (Å²) in [6.07, 6.45) is 0.613. The predicted octanol–water partition coefficient (Wildman–Crippen LogP) is 4.08. The van der Waals surface area contributed by atoms with E-state index >= 15 is 0 Å². The minimum absolute atomic E-state index is 0.166. The number of halogens is 1. The molecule has 0 radical (unpaired) electrons. The predicted molar refractivity (Wildman–Crippen MR) is 121 cm³/mol. The van der Waals surface area contributed by atoms with Gasteiger partial charge in [-0.1, -0.05) is 24.6 Å². The fourth-order valence-electron chi connectivity index (χ4n) is 4.21. The molecule has 1 saturated heterocycles. The molecule has 1 fully saturated rings. The van der Waals surface area contributed by atoms with Gasteiger partial charge in [-0.3, -0.25) is 9.59 Å². The number of fused-ring (bicyclic) bond motifs is 1. The zero-order valence-corrected chi connectivity index (χ0v) is 19.8. The monoisotopic (exact) mass is 469 g/mol. The molecule has 2 aromatic carbocycles. The number of hydrogen-bond donors (Lipinski definition) is 0. The van der Waals surface area contributed by atoms with Crippen molar-refractivity contribution >= 4 is 34.2 Å². The zero-order chi connectivity index (χ0) is 24.1. The molecule has 172 valence electrons. The molecule has 0 saturated carbocycles. The smallest absolute Gasteiger partial charge is 0.386 e. The standard InChI is InChI=1S/C24H24ClN3O5/c1-6-13-7-9-15(32-22-26-17-10-8-14(25)11-18(17)28(31)27-22)12-16(13)19-20(29)23(2,3)33-24(4,5)21(19)30/h7-12,19H,6H2,1-5H3. The van der Waals surface area contributed by atoms with Crippen molar-refractivity contribution in [3.05, 3.63) is 57.8 Å². The lowest BCUT2D eigenvalue weighted by molar-refractivity contribution is -0.643. The summed E-state index contributed by atoms with van der Waals surface area (Å²) in [6, 6.07) is 9.63. The van der Waals surface area contributed by atoms with Crippen molar-refractivity contribution in [3.63, 3.8) is 0 Å². The highest BCUT2D eigenvalue weighted by atomic mass is 35.5. The van der Waals surface area contributed by atoms with E-state index in [1.54, 1.807) is 58.0 Å². The van der Waals surface area contributed by atoms with Crippen LogP contribution >= 0.6 is 11.6 Å². The van der Waals surface area contributed by atoms with Crippen LogP contribution in [0.1, 0.15) is 51.7 Å². The number of rotatable bonds is 4. The number of hydrogen-bond acceptors (Lipinski definition) is 7. The lowest BCUT2D eigenvalue weighted by Crippen LogP contribution is -2.58. The molecule has 3 aromatic rings. The van der Waals surface area contributed by atoms with Crippen LogP contribution in [-0.4, -0.2) is 32.9 Å². The Balaban J connectivity index is 1.76. The van der Waals surface area contributed by atoms with E-state index in [9.17, 15) is 14.8 Å². The molecule has 0 spiro atoms. The normalized spacial score (nSPS) is 18.0. The first kappa shape index (κ1) is 23.1. The maximum absolute atomic E-state index is 13.2. The van der Waals surface area contributed by atoms with Crippen LogP contribution in [0.4, 0.5) is 0 Å². The summed E-state index contributed by atoms with van der Waals surface area (Å²) < 4.78 is 11.6. The van der Waals surface area contributed by atoms with Gasteiger partial charge < -0.3 is 14.7 Å². The van der Waals surface area contributed by atoms with Gasteiger partial charge in [-0.15, -0.1) is 0 Å². The fourth-order valence-corrected chi connectivity index (χ4v) is 4.38. The molecule has 0 unspecified atom stereocenters. The maximum Gasteiger partial charge on any atom is 0.386 e. The van der Waals surface area contributed by atoms with Crippen molar-refractivity contribution in [2.24, 2.45) is 0 Å². The first-order valence-electron chi connectivity index (χ1n) is 10.6. The average Bonchev–Trinajstić information content (AvgIpc) is 2.73. The highest BCUT2D eigenvalue weighted by Crippen LogP contribution is 2.40. The van der Waals surface area contributed by atoms with Gasteiger partial charge in [0, 0.05) is 11.1 Å². The largest absolute Gasteiger partial charge is 0.594 e. The van der Waals surface area contributed by atoms with Gasteiger partial charge in [0.15, 0.2) is 11.6 Å². The van der Waals surface area contributed by atoms with Crippen LogP contribution in [0.5, 0.6) is 11.8 Å². The van der Waals surface area contributed by atoms with Gasteiger partial charge in [0.05, 0.1) is 5.10 Å². The molecule has 1 aromatic heterocycles. The summed E-state index contributed by atoms with van der Waals surface area (Å²) in [7, 11) is 0. The fraction of sp³-hybridized carbons (Fsp3) is 0.375. The third kappa shape index (κ3) is 4.16. The summed E-state index contributed by atoms with van der Waals surface area (Å²) in [6.45, 7) is 8.63. The van der Waals surface area contributed by atoms with Crippen molar-refractivity contribution < 1.29 is 23.9 Å². The maximum atomic E-state index is 13.2. The Morgan fingerprint density at radius 3 is 2.39 bits per heavy atom. The molecule has 4 rings (SSSR count). The number of Topliss-reactive ketones (excluding diaryl/α,β-unsaturated/α-hetero) is 2. The molecule has 1 aliphatic heterocycles. The minimum atomic E-state index is -1.12. The Kier molecular flexibility index (Phi) is 5.62. The Hall–Kier alpha value is -3.10. The highest BCUT2D eigenvalue weighted by Gasteiger charge is 2.53. The number of nitrogens with zero attached hydrogens (tertiary/aromatic N) is 3. The molecular weight excluding hydrogens is 446 g/mol. The Morgan fingerprint density at radius 2 is 1.76 bits per heavy atom. The average molecular weight is 470 g/mol. The van der Waals surface area contributed by atoms with E-state index < -0.39 is 17.1 Å². The number of carbonyl (C=O) groups is 2. The van der Waals surface area contributed by atoms with Gasteiger partial charge in [-0.05, 0) is 74.4 Å². The van der Waals surface area contributed by atoms with E-state index in [-0.39, 0.29) is 23.1 Å². The topological polar surface area (TPSA) is 105 Å². The first-order valence-corrected chi connectivity index (χ1v) is 11.0. The lowest BCUT2D eigenvalue weighted by Gasteiger charge is -2.43. The molecular formula is C24H24ClN3O5. The van der Waals surface area contributed by atoms with Gasteiger partial charge >= 0.3 is 6.01 Å². The minimum Gasteiger partial charge on any atom is -0.594 e. The molecule has 0 amide bonds. The van der Waals surface area contributed by atoms with Crippen LogP contribution < -0.4 is 9.58 Å². The number of aryl methyl sites for hydroxylation is 1. The van der Waals surface area contributed by atoms with Crippen LogP contribution in [0.15, 0.2) is 36.4 Å². The number of ether oxygens (including phenoxy) is 2. The van der Waals surface area contributed by atoms with E-state index in [1.807, 2.05) is 6.92 Å². The summed E-state index contributed by atoms with van der Waals surface area (Å²) in [4.78, 5) is 31.1. The molecule has 9 heteroatoms. The highest BCUT2D eigenvalue weighted by molar-refractivity contribution is 6.31. The van der Waals surface area contributed by atoms with Crippen molar-refractivity contribution in [3.8, 4) is 11.8 Å². The lowest BCUT2D eigenvalue weighted by atomic mass is 9.73. The summed E-state index contributed by atoms with van der Waals surface area (Å²) >= 11 is 5.94. The number of carbonyl (C=O) groups excluding carboxylic acids is 2. The molecule has 0 aliphatic carbocycles. The third-order valence-corrected chi connectivity index (χ3v) is 6.01. The Morgan fingerprint density at radius 1 is 1.09 bits per heavy atom. The zero-order valence-electron chi connectivity index (χ0n) is 19.0. The SMILES string of the molecule is CCc1ccc(Oc2nc3ccc(Cl)cc3[n+]([O-])n2)cc1C1C(=O)C(C)(C)OC(C)(C)C1=O. The quantitative estimate of drug-likeness (QED) is 0.322. The molecule has 2 heterocycles.